The first-order valence-corrected chi connectivity index (χ1v) is 8.84. The first kappa shape index (κ1) is 16.3. The van der Waals surface area contributed by atoms with Gasteiger partial charge in [0.1, 0.15) is 0 Å². The molecular formula is C19H13ClN4O3. The minimum atomic E-state index is -1.07. The van der Waals surface area contributed by atoms with Crippen molar-refractivity contribution in [1.82, 2.24) is 15.5 Å². The Bertz CT molecular complexity index is 1010. The van der Waals surface area contributed by atoms with Gasteiger partial charge in [0, 0.05) is 0 Å². The van der Waals surface area contributed by atoms with Gasteiger partial charge in [-0.05, 0) is 30.3 Å². The van der Waals surface area contributed by atoms with Gasteiger partial charge in [-0.2, -0.15) is 5.10 Å². The number of halogens is 1. The van der Waals surface area contributed by atoms with Gasteiger partial charge in [-0.1, -0.05) is 35.9 Å². The van der Waals surface area contributed by atoms with E-state index in [1.807, 2.05) is 6.07 Å². The lowest BCUT2D eigenvalue weighted by molar-refractivity contribution is -0.126. The third kappa shape index (κ3) is 2.09. The number of hydrogen-bond acceptors (Lipinski definition) is 6. The molecule has 0 aliphatic carbocycles. The summed E-state index contributed by atoms with van der Waals surface area (Å²) in [5, 5.41) is 11.4. The van der Waals surface area contributed by atoms with Crippen LogP contribution in [0.15, 0.2) is 54.6 Å². The summed E-state index contributed by atoms with van der Waals surface area (Å²) < 4.78 is 0. The van der Waals surface area contributed by atoms with E-state index in [9.17, 15) is 14.4 Å². The van der Waals surface area contributed by atoms with Gasteiger partial charge in [0.25, 0.3) is 0 Å². The van der Waals surface area contributed by atoms with E-state index in [2.05, 4.69) is 15.5 Å². The quantitative estimate of drug-likeness (QED) is 0.788. The van der Waals surface area contributed by atoms with Crippen molar-refractivity contribution >= 4 is 34.9 Å². The number of aromatic nitrogens is 2. The van der Waals surface area contributed by atoms with Crippen molar-refractivity contribution in [3.8, 4) is 0 Å². The Morgan fingerprint density at radius 2 is 1.78 bits per heavy atom. The van der Waals surface area contributed by atoms with Crippen LogP contribution in [0.25, 0.3) is 0 Å². The molecule has 8 heteroatoms. The fraction of sp³-hybridized carbons (Fsp3) is 0.211. The first-order valence-electron chi connectivity index (χ1n) is 8.46. The van der Waals surface area contributed by atoms with Crippen molar-refractivity contribution in [2.75, 3.05) is 4.90 Å². The van der Waals surface area contributed by atoms with Gasteiger partial charge in [0.05, 0.1) is 34.8 Å². The summed E-state index contributed by atoms with van der Waals surface area (Å²) in [6.45, 7) is 0. The molecule has 4 atom stereocenters. The van der Waals surface area contributed by atoms with E-state index in [0.29, 0.717) is 11.4 Å². The Hall–Kier alpha value is -2.90. The predicted octanol–water partition coefficient (Wildman–Crippen LogP) is 1.24. The third-order valence-corrected chi connectivity index (χ3v) is 5.68. The van der Waals surface area contributed by atoms with Crippen molar-refractivity contribution < 1.29 is 14.4 Å². The first-order chi connectivity index (χ1) is 13.0. The number of carbonyl (C=O) groups excluding carboxylic acids is 3. The lowest BCUT2D eigenvalue weighted by Gasteiger charge is -2.33. The van der Waals surface area contributed by atoms with Crippen molar-refractivity contribution in [3.05, 3.63) is 65.5 Å². The maximum atomic E-state index is 13.3. The number of fused-ring (bicyclic) bond motifs is 5. The second-order valence-electron chi connectivity index (χ2n) is 6.82. The van der Waals surface area contributed by atoms with Gasteiger partial charge >= 0.3 is 0 Å². The normalized spacial score (nSPS) is 31.5. The van der Waals surface area contributed by atoms with Crippen LogP contribution in [-0.2, 0) is 19.9 Å². The van der Waals surface area contributed by atoms with E-state index in [1.165, 1.54) is 11.0 Å². The van der Waals surface area contributed by atoms with Crippen LogP contribution < -0.4 is 10.2 Å². The third-order valence-electron chi connectivity index (χ3n) is 5.48. The summed E-state index contributed by atoms with van der Waals surface area (Å²) >= 11 is 5.84. The number of rotatable bonds is 2. The molecule has 0 spiro atoms. The van der Waals surface area contributed by atoms with Gasteiger partial charge in [0.2, 0.25) is 11.8 Å². The van der Waals surface area contributed by atoms with Crippen molar-refractivity contribution in [1.29, 1.82) is 0 Å². The maximum absolute atomic E-state index is 13.3. The van der Waals surface area contributed by atoms with Crippen LogP contribution in [0.1, 0.15) is 5.69 Å². The molecule has 0 saturated carbocycles. The number of amides is 2. The Morgan fingerprint density at radius 1 is 1.00 bits per heavy atom. The summed E-state index contributed by atoms with van der Waals surface area (Å²) in [6, 6.07) is 11.2. The number of nitrogens with one attached hydrogen (secondary N) is 1. The fourth-order valence-electron chi connectivity index (χ4n) is 4.35. The van der Waals surface area contributed by atoms with Crippen LogP contribution in [0.2, 0.25) is 5.15 Å². The number of anilines is 1. The minimum Gasteiger partial charge on any atom is -0.293 e. The van der Waals surface area contributed by atoms with Crippen molar-refractivity contribution in [3.63, 3.8) is 0 Å². The molecule has 5 rings (SSSR count). The number of imide groups is 1. The molecular weight excluding hydrogens is 368 g/mol. The van der Waals surface area contributed by atoms with E-state index >= 15 is 0 Å². The molecule has 3 aliphatic rings. The van der Waals surface area contributed by atoms with Gasteiger partial charge in [-0.15, -0.1) is 5.10 Å². The number of carbonyl (C=O) groups is 3. The molecule has 7 nitrogen and oxygen atoms in total. The molecule has 4 heterocycles. The highest BCUT2D eigenvalue weighted by atomic mass is 35.5. The van der Waals surface area contributed by atoms with E-state index in [4.69, 9.17) is 11.6 Å². The molecule has 2 aromatic rings. The van der Waals surface area contributed by atoms with Crippen LogP contribution in [0.5, 0.6) is 0 Å². The molecule has 3 aliphatic heterocycles. The number of para-hydroxylation sites is 1. The number of benzene rings is 1. The van der Waals surface area contributed by atoms with Crippen LogP contribution in [0, 0.1) is 11.8 Å². The van der Waals surface area contributed by atoms with E-state index in [1.54, 1.807) is 42.5 Å². The van der Waals surface area contributed by atoms with Crippen LogP contribution in [0.3, 0.4) is 0 Å². The van der Waals surface area contributed by atoms with Crippen LogP contribution >= 0.6 is 11.6 Å². The fourth-order valence-corrected chi connectivity index (χ4v) is 4.45. The number of ketones is 1. The zero-order valence-corrected chi connectivity index (χ0v) is 14.6. The zero-order valence-electron chi connectivity index (χ0n) is 13.9. The predicted molar refractivity (Wildman–Crippen MR) is 95.7 cm³/mol. The molecule has 2 amide bonds. The Labute approximate surface area is 159 Å². The summed E-state index contributed by atoms with van der Waals surface area (Å²) in [5.41, 5.74) is -0.130. The Balaban J connectivity index is 1.67. The minimum absolute atomic E-state index is 0.219. The molecule has 27 heavy (non-hydrogen) atoms. The summed E-state index contributed by atoms with van der Waals surface area (Å²) in [6.07, 6.45) is 3.04. The standard InChI is InChI=1S/C19H13ClN4O3/c20-13-7-6-12(22-23-13)19-9-8-11(25)16(21-19)14-15(19)18(27)24(17(14)26)10-4-2-1-3-5-10/h1-9,14-16,21H. The summed E-state index contributed by atoms with van der Waals surface area (Å²) in [7, 11) is 0. The number of nitrogens with zero attached hydrogens (tertiary/aromatic N) is 3. The van der Waals surface area contributed by atoms with Crippen LogP contribution in [-0.4, -0.2) is 33.8 Å². The second-order valence-corrected chi connectivity index (χ2v) is 7.21. The topological polar surface area (TPSA) is 92.3 Å². The van der Waals surface area contributed by atoms with Crippen LogP contribution in [0.4, 0.5) is 5.69 Å². The monoisotopic (exact) mass is 380 g/mol. The maximum Gasteiger partial charge on any atom is 0.240 e. The summed E-state index contributed by atoms with van der Waals surface area (Å²) in [4.78, 5) is 40.1. The largest absolute Gasteiger partial charge is 0.293 e. The molecule has 2 bridgehead atoms. The molecule has 1 aromatic carbocycles. The molecule has 134 valence electrons. The highest BCUT2D eigenvalue weighted by Gasteiger charge is 2.68. The Morgan fingerprint density at radius 3 is 2.48 bits per heavy atom. The molecule has 1 aromatic heterocycles. The SMILES string of the molecule is O=C1C=CC2(c3ccc(Cl)nn3)NC1C1C(=O)N(c3ccccc3)C(=O)C12. The average molecular weight is 381 g/mol. The Kier molecular flexibility index (Phi) is 3.35. The lowest BCUT2D eigenvalue weighted by atomic mass is 9.79. The highest BCUT2D eigenvalue weighted by molar-refractivity contribution is 6.29. The smallest absolute Gasteiger partial charge is 0.240 e. The van der Waals surface area contributed by atoms with E-state index in [-0.39, 0.29) is 22.8 Å². The van der Waals surface area contributed by atoms with E-state index < -0.39 is 23.4 Å². The lowest BCUT2D eigenvalue weighted by Crippen LogP contribution is -2.52. The molecule has 4 unspecified atom stereocenters. The molecule has 0 radical (unpaired) electrons. The average Bonchev–Trinajstić information content (AvgIpc) is 3.12. The molecule has 1 N–H and O–H groups in total. The van der Waals surface area contributed by atoms with E-state index in [0.717, 1.165) is 0 Å². The summed E-state index contributed by atoms with van der Waals surface area (Å²) in [5.74, 6) is -2.54. The number of hydrogen-bond donors (Lipinski definition) is 1. The molecule has 2 fully saturated rings. The van der Waals surface area contributed by atoms with Gasteiger partial charge in [0.15, 0.2) is 10.9 Å². The second kappa shape index (κ2) is 5.55. The zero-order chi connectivity index (χ0) is 18.8. The van der Waals surface area contributed by atoms with Crippen molar-refractivity contribution in [2.24, 2.45) is 11.8 Å². The molecule has 2 saturated heterocycles. The van der Waals surface area contributed by atoms with Crippen molar-refractivity contribution in [2.45, 2.75) is 11.6 Å². The van der Waals surface area contributed by atoms with Gasteiger partial charge < -0.3 is 0 Å². The van der Waals surface area contributed by atoms with Gasteiger partial charge in [-0.25, -0.2) is 4.90 Å². The van der Waals surface area contributed by atoms with Gasteiger partial charge in [-0.3, -0.25) is 19.7 Å². The highest BCUT2D eigenvalue weighted by Crippen LogP contribution is 2.51.